The van der Waals surface area contributed by atoms with Crippen molar-refractivity contribution in [3.63, 3.8) is 0 Å². The van der Waals surface area contributed by atoms with Crippen LogP contribution in [0.2, 0.25) is 0 Å². The minimum atomic E-state index is -1.54. The Kier molecular flexibility index (Phi) is 3.50. The molecule has 4 atom stereocenters. The highest BCUT2D eigenvalue weighted by Crippen LogP contribution is 2.36. The zero-order chi connectivity index (χ0) is 10.2. The van der Waals surface area contributed by atoms with E-state index in [4.69, 9.17) is 9.84 Å². The van der Waals surface area contributed by atoms with E-state index in [-0.39, 0.29) is 0 Å². The molecule has 0 aromatic heterocycles. The van der Waals surface area contributed by atoms with Gasteiger partial charge in [0, 0.05) is 0 Å². The fourth-order valence-electron chi connectivity index (χ4n) is 1.10. The molecule has 0 amide bonds. The molecule has 1 saturated heterocycles. The summed E-state index contributed by atoms with van der Waals surface area (Å²) in [6, 6.07) is 0. The SMILES string of the molecule is OC[C@H]1O[C@H](O)C(S)(S)[C@@H](O)[C@@H]1O. The summed E-state index contributed by atoms with van der Waals surface area (Å²) in [5.74, 6) is 0. The molecule has 1 aliphatic heterocycles. The van der Waals surface area contributed by atoms with Crippen molar-refractivity contribution in [1.82, 2.24) is 0 Å². The van der Waals surface area contributed by atoms with Crippen LogP contribution in [0.15, 0.2) is 0 Å². The minimum Gasteiger partial charge on any atom is -0.394 e. The van der Waals surface area contributed by atoms with Crippen LogP contribution >= 0.6 is 25.3 Å². The fraction of sp³-hybridized carbons (Fsp3) is 1.00. The van der Waals surface area contributed by atoms with Crippen LogP contribution in [0.1, 0.15) is 0 Å². The lowest BCUT2D eigenvalue weighted by molar-refractivity contribution is -0.240. The Morgan fingerprint density at radius 3 is 2.23 bits per heavy atom. The standard InChI is InChI=1S/C6H12O5S2/c7-1-2-3(8)4(9)6(12,13)5(10)11-2/h2-5,7-10,12-13H,1H2/t2-,3-,4+,5+/m1/s1. The van der Waals surface area contributed by atoms with Crippen molar-refractivity contribution in [2.24, 2.45) is 0 Å². The van der Waals surface area contributed by atoms with Crippen LogP contribution < -0.4 is 0 Å². The van der Waals surface area contributed by atoms with Crippen molar-refractivity contribution in [2.45, 2.75) is 28.7 Å². The molecular weight excluding hydrogens is 216 g/mol. The molecule has 1 rings (SSSR count). The van der Waals surface area contributed by atoms with Gasteiger partial charge in [0.2, 0.25) is 0 Å². The average molecular weight is 228 g/mol. The monoisotopic (exact) mass is 228 g/mol. The summed E-state index contributed by atoms with van der Waals surface area (Å²) in [6.45, 7) is -0.493. The molecule has 0 unspecified atom stereocenters. The quantitative estimate of drug-likeness (QED) is 0.230. The Bertz CT molecular complexity index is 188. The molecule has 0 aromatic carbocycles. The smallest absolute Gasteiger partial charge is 0.181 e. The molecule has 78 valence electrons. The largest absolute Gasteiger partial charge is 0.394 e. The Morgan fingerprint density at radius 1 is 1.23 bits per heavy atom. The summed E-state index contributed by atoms with van der Waals surface area (Å²) in [5, 5.41) is 36.8. The fourth-order valence-corrected chi connectivity index (χ4v) is 1.53. The summed E-state index contributed by atoms with van der Waals surface area (Å²) in [6.07, 6.45) is -5.16. The number of rotatable bonds is 1. The zero-order valence-corrected chi connectivity index (χ0v) is 8.40. The first kappa shape index (κ1) is 11.6. The lowest BCUT2D eigenvalue weighted by Crippen LogP contribution is -2.61. The lowest BCUT2D eigenvalue weighted by Gasteiger charge is -2.43. The maximum absolute atomic E-state index is 9.42. The molecule has 0 aromatic rings. The van der Waals surface area contributed by atoms with Crippen molar-refractivity contribution in [2.75, 3.05) is 6.61 Å². The van der Waals surface area contributed by atoms with Crippen LogP contribution in [-0.4, -0.2) is 55.7 Å². The van der Waals surface area contributed by atoms with Crippen LogP contribution in [0, 0.1) is 0 Å². The van der Waals surface area contributed by atoms with Gasteiger partial charge in [-0.05, 0) is 0 Å². The van der Waals surface area contributed by atoms with E-state index in [1.165, 1.54) is 0 Å². The van der Waals surface area contributed by atoms with E-state index in [0.717, 1.165) is 0 Å². The van der Waals surface area contributed by atoms with E-state index >= 15 is 0 Å². The van der Waals surface area contributed by atoms with Gasteiger partial charge in [-0.3, -0.25) is 0 Å². The van der Waals surface area contributed by atoms with Crippen LogP contribution in [0.4, 0.5) is 0 Å². The third kappa shape index (κ3) is 1.96. The molecule has 1 fully saturated rings. The van der Waals surface area contributed by atoms with Crippen molar-refractivity contribution < 1.29 is 25.2 Å². The van der Waals surface area contributed by atoms with Crippen LogP contribution in [0.3, 0.4) is 0 Å². The maximum atomic E-state index is 9.42. The van der Waals surface area contributed by atoms with Gasteiger partial charge < -0.3 is 25.2 Å². The van der Waals surface area contributed by atoms with Gasteiger partial charge in [0.05, 0.1) is 6.61 Å². The molecule has 0 aliphatic carbocycles. The predicted molar refractivity (Wildman–Crippen MR) is 50.7 cm³/mol. The molecule has 5 nitrogen and oxygen atoms in total. The van der Waals surface area contributed by atoms with Crippen molar-refractivity contribution >= 4 is 25.3 Å². The third-order valence-electron chi connectivity index (χ3n) is 1.99. The summed E-state index contributed by atoms with van der Waals surface area (Å²) in [4.78, 5) is 0. The number of thiol groups is 2. The number of hydrogen-bond acceptors (Lipinski definition) is 7. The van der Waals surface area contributed by atoms with E-state index < -0.39 is 35.3 Å². The van der Waals surface area contributed by atoms with Gasteiger partial charge in [0.15, 0.2) is 6.29 Å². The van der Waals surface area contributed by atoms with Gasteiger partial charge in [-0.15, -0.1) is 0 Å². The van der Waals surface area contributed by atoms with E-state index in [2.05, 4.69) is 25.3 Å². The van der Waals surface area contributed by atoms with Crippen molar-refractivity contribution in [1.29, 1.82) is 0 Å². The lowest BCUT2D eigenvalue weighted by atomic mass is 10.0. The van der Waals surface area contributed by atoms with Gasteiger partial charge in [-0.25, -0.2) is 0 Å². The normalized spacial score (nSPS) is 44.8. The highest BCUT2D eigenvalue weighted by atomic mass is 32.2. The molecule has 4 N–H and O–H groups in total. The summed E-state index contributed by atoms with van der Waals surface area (Å²) >= 11 is 7.69. The first-order valence-corrected chi connectivity index (χ1v) is 4.56. The summed E-state index contributed by atoms with van der Waals surface area (Å²) < 4.78 is 3.24. The van der Waals surface area contributed by atoms with Gasteiger partial charge >= 0.3 is 0 Å². The molecule has 13 heavy (non-hydrogen) atoms. The Labute approximate surface area is 86.2 Å². The van der Waals surface area contributed by atoms with Crippen LogP contribution in [-0.2, 0) is 4.74 Å². The molecule has 0 bridgehead atoms. The number of ether oxygens (including phenoxy) is 1. The highest BCUT2D eigenvalue weighted by molar-refractivity contribution is 8.00. The van der Waals surface area contributed by atoms with E-state index in [0.29, 0.717) is 0 Å². The summed E-state index contributed by atoms with van der Waals surface area (Å²) in [7, 11) is 0. The van der Waals surface area contributed by atoms with Crippen molar-refractivity contribution in [3.8, 4) is 0 Å². The number of aliphatic hydroxyl groups excluding tert-OH is 4. The number of aliphatic hydroxyl groups is 4. The Morgan fingerprint density at radius 2 is 1.77 bits per heavy atom. The second-order valence-corrected chi connectivity index (χ2v) is 4.76. The molecule has 1 heterocycles. The summed E-state index contributed by atoms with van der Waals surface area (Å²) in [5.41, 5.74) is 0. The topological polar surface area (TPSA) is 90.2 Å². The van der Waals surface area contributed by atoms with Gasteiger partial charge in [-0.2, -0.15) is 25.3 Å². The van der Waals surface area contributed by atoms with Gasteiger partial charge in [0.25, 0.3) is 0 Å². The molecular formula is C6H12O5S2. The first-order valence-electron chi connectivity index (χ1n) is 3.66. The zero-order valence-electron chi connectivity index (χ0n) is 6.61. The van der Waals surface area contributed by atoms with E-state index in [9.17, 15) is 15.3 Å². The van der Waals surface area contributed by atoms with Crippen LogP contribution in [0.25, 0.3) is 0 Å². The van der Waals surface area contributed by atoms with E-state index in [1.54, 1.807) is 0 Å². The molecule has 0 radical (unpaired) electrons. The van der Waals surface area contributed by atoms with Gasteiger partial charge in [-0.1, -0.05) is 0 Å². The molecule has 7 heteroatoms. The number of hydrogen-bond donors (Lipinski definition) is 6. The molecule has 0 spiro atoms. The van der Waals surface area contributed by atoms with Crippen molar-refractivity contribution in [3.05, 3.63) is 0 Å². The predicted octanol–water partition coefficient (Wildman–Crippen LogP) is -2.03. The minimum absolute atomic E-state index is 0.493. The molecule has 1 aliphatic rings. The second-order valence-electron chi connectivity index (χ2n) is 2.93. The van der Waals surface area contributed by atoms with E-state index in [1.807, 2.05) is 0 Å². The maximum Gasteiger partial charge on any atom is 0.181 e. The first-order chi connectivity index (χ1) is 5.91. The molecule has 0 saturated carbocycles. The average Bonchev–Trinajstić information content (AvgIpc) is 2.09. The Hall–Kier alpha value is 0.500. The highest BCUT2D eigenvalue weighted by Gasteiger charge is 2.50. The Balaban J connectivity index is 2.79. The van der Waals surface area contributed by atoms with Gasteiger partial charge in [0.1, 0.15) is 22.4 Å². The second kappa shape index (κ2) is 3.93. The third-order valence-corrected chi connectivity index (χ3v) is 2.96. The van der Waals surface area contributed by atoms with Crippen LogP contribution in [0.5, 0.6) is 0 Å².